The zero-order chi connectivity index (χ0) is 10.7. The number of nitrogens with zero attached hydrogens (tertiary/aromatic N) is 1. The summed E-state index contributed by atoms with van der Waals surface area (Å²) in [6.07, 6.45) is 3.18. The summed E-state index contributed by atoms with van der Waals surface area (Å²) in [5.74, 6) is 1.39. The summed E-state index contributed by atoms with van der Waals surface area (Å²) in [6.45, 7) is 0.0613. The highest BCUT2D eigenvalue weighted by atomic mass is 16.7. The van der Waals surface area contributed by atoms with E-state index in [-0.39, 0.29) is 18.3 Å². The van der Waals surface area contributed by atoms with Gasteiger partial charge in [0.2, 0.25) is 13.3 Å². The Kier molecular flexibility index (Phi) is 2.53. The lowest BCUT2D eigenvalue weighted by Gasteiger charge is -1.96. The number of nitro groups is 1. The average molecular weight is 207 g/mol. The molecule has 78 valence electrons. The molecule has 0 unspecified atom stereocenters. The predicted octanol–water partition coefficient (Wildman–Crippen LogP) is 1.71. The van der Waals surface area contributed by atoms with Crippen LogP contribution in [0, 0.1) is 10.1 Å². The molecule has 15 heavy (non-hydrogen) atoms. The lowest BCUT2D eigenvalue weighted by molar-refractivity contribution is -0.468. The van der Waals surface area contributed by atoms with E-state index in [4.69, 9.17) is 9.47 Å². The number of hydrogen-bond donors (Lipinski definition) is 0. The summed E-state index contributed by atoms with van der Waals surface area (Å²) in [7, 11) is 0. The Morgan fingerprint density at radius 2 is 2.20 bits per heavy atom. The molecule has 1 aliphatic heterocycles. The maximum absolute atomic E-state index is 10.1. The Bertz CT molecular complexity index is 414. The second kappa shape index (κ2) is 4.00. The van der Waals surface area contributed by atoms with Gasteiger partial charge >= 0.3 is 0 Å². The molecule has 0 N–H and O–H groups in total. The highest BCUT2D eigenvalue weighted by Crippen LogP contribution is 2.32. The zero-order valence-electron chi connectivity index (χ0n) is 7.88. The number of rotatable bonds is 3. The fraction of sp³-hybridized carbons (Fsp3) is 0.200. The van der Waals surface area contributed by atoms with Gasteiger partial charge in [0.15, 0.2) is 11.5 Å². The van der Waals surface area contributed by atoms with Gasteiger partial charge in [-0.3, -0.25) is 10.1 Å². The van der Waals surface area contributed by atoms with Crippen LogP contribution in [0.15, 0.2) is 24.3 Å². The van der Waals surface area contributed by atoms with E-state index in [1.807, 2.05) is 6.07 Å². The lowest BCUT2D eigenvalue weighted by atomic mass is 10.2. The van der Waals surface area contributed by atoms with Crippen LogP contribution in [0.25, 0.3) is 6.08 Å². The molecule has 0 bridgehead atoms. The minimum atomic E-state index is -0.385. The molecule has 1 aliphatic rings. The van der Waals surface area contributed by atoms with Crippen LogP contribution in [0.3, 0.4) is 0 Å². The normalized spacial score (nSPS) is 13.3. The summed E-state index contributed by atoms with van der Waals surface area (Å²) in [5.41, 5.74) is 0.862. The molecule has 0 aliphatic carbocycles. The molecule has 0 fully saturated rings. The number of ether oxygens (including phenoxy) is 2. The SMILES string of the molecule is O=[N+]([O-])CC=Cc1ccc2c(c1)OCO2. The first-order valence-electron chi connectivity index (χ1n) is 4.44. The maximum Gasteiger partial charge on any atom is 0.231 e. The minimum absolute atomic E-state index is 0.172. The largest absolute Gasteiger partial charge is 0.454 e. The van der Waals surface area contributed by atoms with Gasteiger partial charge in [-0.05, 0) is 23.8 Å². The van der Waals surface area contributed by atoms with Crippen LogP contribution < -0.4 is 9.47 Å². The van der Waals surface area contributed by atoms with Crippen LogP contribution in [-0.2, 0) is 0 Å². The van der Waals surface area contributed by atoms with Crippen LogP contribution >= 0.6 is 0 Å². The zero-order valence-corrected chi connectivity index (χ0v) is 7.88. The quantitative estimate of drug-likeness (QED) is 0.559. The van der Waals surface area contributed by atoms with E-state index < -0.39 is 0 Å². The van der Waals surface area contributed by atoms with E-state index in [2.05, 4.69) is 0 Å². The predicted molar refractivity (Wildman–Crippen MR) is 53.5 cm³/mol. The second-order valence-electron chi connectivity index (χ2n) is 3.03. The van der Waals surface area contributed by atoms with E-state index in [0.29, 0.717) is 11.5 Å². The van der Waals surface area contributed by atoms with Gasteiger partial charge in [0.05, 0.1) is 0 Å². The van der Waals surface area contributed by atoms with Crippen LogP contribution in [0.1, 0.15) is 5.56 Å². The molecule has 0 aromatic heterocycles. The van der Waals surface area contributed by atoms with Crippen LogP contribution in [0.4, 0.5) is 0 Å². The van der Waals surface area contributed by atoms with Crippen molar-refractivity contribution in [1.29, 1.82) is 0 Å². The third-order valence-corrected chi connectivity index (χ3v) is 1.96. The molecule has 5 nitrogen and oxygen atoms in total. The molecule has 0 saturated carbocycles. The Morgan fingerprint density at radius 1 is 1.40 bits per heavy atom. The lowest BCUT2D eigenvalue weighted by Crippen LogP contribution is -1.95. The molecule has 0 atom stereocenters. The Hall–Kier alpha value is -2.04. The summed E-state index contributed by atoms with van der Waals surface area (Å²) in [4.78, 5) is 9.70. The van der Waals surface area contributed by atoms with Crippen molar-refractivity contribution in [2.45, 2.75) is 0 Å². The molecule has 0 radical (unpaired) electrons. The molecule has 1 heterocycles. The van der Waals surface area contributed by atoms with Crippen molar-refractivity contribution < 1.29 is 14.4 Å². The van der Waals surface area contributed by atoms with Crippen molar-refractivity contribution in [2.75, 3.05) is 13.3 Å². The monoisotopic (exact) mass is 207 g/mol. The smallest absolute Gasteiger partial charge is 0.231 e. The maximum atomic E-state index is 10.1. The summed E-state index contributed by atoms with van der Waals surface area (Å²) in [5, 5.41) is 10.1. The highest BCUT2D eigenvalue weighted by Gasteiger charge is 2.11. The molecule has 0 spiro atoms. The van der Waals surface area contributed by atoms with E-state index in [9.17, 15) is 10.1 Å². The fourth-order valence-electron chi connectivity index (χ4n) is 1.29. The van der Waals surface area contributed by atoms with Gasteiger partial charge < -0.3 is 9.47 Å². The molecule has 5 heteroatoms. The topological polar surface area (TPSA) is 61.6 Å². The Balaban J connectivity index is 2.10. The van der Waals surface area contributed by atoms with Gasteiger partial charge in [-0.25, -0.2) is 0 Å². The summed E-state index contributed by atoms with van der Waals surface area (Å²) < 4.78 is 10.3. The Morgan fingerprint density at radius 3 is 3.00 bits per heavy atom. The van der Waals surface area contributed by atoms with E-state index >= 15 is 0 Å². The molecular formula is C10H9NO4. The Labute approximate surface area is 86.1 Å². The fourth-order valence-corrected chi connectivity index (χ4v) is 1.29. The first-order chi connectivity index (χ1) is 7.25. The first-order valence-corrected chi connectivity index (χ1v) is 4.44. The van der Waals surface area contributed by atoms with Gasteiger partial charge in [-0.15, -0.1) is 0 Å². The van der Waals surface area contributed by atoms with Gasteiger partial charge in [0.1, 0.15) is 0 Å². The van der Waals surface area contributed by atoms with E-state index in [1.54, 1.807) is 18.2 Å². The second-order valence-corrected chi connectivity index (χ2v) is 3.03. The molecule has 0 saturated heterocycles. The molecule has 1 aromatic rings. The van der Waals surface area contributed by atoms with Crippen molar-refractivity contribution in [3.05, 3.63) is 40.0 Å². The van der Waals surface area contributed by atoms with Crippen molar-refractivity contribution in [2.24, 2.45) is 0 Å². The van der Waals surface area contributed by atoms with Gasteiger partial charge in [-0.1, -0.05) is 12.1 Å². The summed E-state index contributed by atoms with van der Waals surface area (Å²) >= 11 is 0. The minimum Gasteiger partial charge on any atom is -0.454 e. The van der Waals surface area contributed by atoms with Crippen LogP contribution in [-0.4, -0.2) is 18.3 Å². The molecule has 1 aromatic carbocycles. The van der Waals surface area contributed by atoms with Gasteiger partial charge in [0, 0.05) is 4.92 Å². The van der Waals surface area contributed by atoms with E-state index in [0.717, 1.165) is 5.56 Å². The number of fused-ring (bicyclic) bond motifs is 1. The molecular weight excluding hydrogens is 198 g/mol. The van der Waals surface area contributed by atoms with Crippen molar-refractivity contribution in [3.63, 3.8) is 0 Å². The van der Waals surface area contributed by atoms with Crippen molar-refractivity contribution >= 4 is 6.08 Å². The molecule has 2 rings (SSSR count). The van der Waals surface area contributed by atoms with Crippen LogP contribution in [0.2, 0.25) is 0 Å². The average Bonchev–Trinajstić information content (AvgIpc) is 2.64. The van der Waals surface area contributed by atoms with Crippen molar-refractivity contribution in [1.82, 2.24) is 0 Å². The van der Waals surface area contributed by atoms with Gasteiger partial charge in [0.25, 0.3) is 0 Å². The molecule has 0 amide bonds. The summed E-state index contributed by atoms with van der Waals surface area (Å²) in [6, 6.07) is 5.40. The third kappa shape index (κ3) is 2.25. The van der Waals surface area contributed by atoms with Crippen molar-refractivity contribution in [3.8, 4) is 11.5 Å². The number of benzene rings is 1. The van der Waals surface area contributed by atoms with Gasteiger partial charge in [-0.2, -0.15) is 0 Å². The highest BCUT2D eigenvalue weighted by molar-refractivity contribution is 5.56. The third-order valence-electron chi connectivity index (χ3n) is 1.96. The standard InChI is InChI=1S/C10H9NO4/c12-11(13)5-1-2-8-3-4-9-10(6-8)15-7-14-9/h1-4,6H,5,7H2. The number of hydrogen-bond acceptors (Lipinski definition) is 4. The first kappa shape index (κ1) is 9.51. The van der Waals surface area contributed by atoms with E-state index in [1.165, 1.54) is 6.08 Å². The van der Waals surface area contributed by atoms with Crippen LogP contribution in [0.5, 0.6) is 11.5 Å².